The number of sulfonamides is 1. The Bertz CT molecular complexity index is 1430. The molecular weight excluding hydrogens is 444 g/mol. The third-order valence-electron chi connectivity index (χ3n) is 6.25. The lowest BCUT2D eigenvalue weighted by Crippen LogP contribution is -2.37. The quantitative estimate of drug-likeness (QED) is 0.378. The summed E-state index contributed by atoms with van der Waals surface area (Å²) < 4.78 is 31.3. The number of para-hydroxylation sites is 2. The first kappa shape index (κ1) is 24.0. The van der Waals surface area contributed by atoms with E-state index in [2.05, 4.69) is 60.2 Å². The van der Waals surface area contributed by atoms with Crippen molar-refractivity contribution >= 4 is 21.1 Å². The fourth-order valence-electron chi connectivity index (χ4n) is 4.24. The molecular formula is C27H32N4O2S. The van der Waals surface area contributed by atoms with Gasteiger partial charge in [0.15, 0.2) is 0 Å². The van der Waals surface area contributed by atoms with E-state index in [-0.39, 0.29) is 18.3 Å². The third-order valence-corrected chi connectivity index (χ3v) is 7.62. The van der Waals surface area contributed by atoms with E-state index in [0.29, 0.717) is 18.6 Å². The van der Waals surface area contributed by atoms with Crippen LogP contribution in [0.1, 0.15) is 35.2 Å². The lowest BCUT2D eigenvalue weighted by atomic mass is 10.0. The Morgan fingerprint density at radius 3 is 2.00 bits per heavy atom. The topological polar surface area (TPSA) is 79.9 Å². The Hall–Kier alpha value is -3.16. The summed E-state index contributed by atoms with van der Waals surface area (Å²) in [6, 6.07) is 24.4. The van der Waals surface area contributed by atoms with Crippen molar-refractivity contribution in [3.8, 4) is 0 Å². The van der Waals surface area contributed by atoms with Gasteiger partial charge in [-0.25, -0.2) is 13.1 Å². The highest BCUT2D eigenvalue weighted by atomic mass is 32.2. The van der Waals surface area contributed by atoms with Crippen LogP contribution in [0.4, 0.5) is 0 Å². The van der Waals surface area contributed by atoms with Crippen molar-refractivity contribution in [2.75, 3.05) is 12.3 Å². The van der Waals surface area contributed by atoms with Crippen LogP contribution in [0.2, 0.25) is 0 Å². The molecule has 0 saturated carbocycles. The van der Waals surface area contributed by atoms with Crippen molar-refractivity contribution in [1.29, 1.82) is 5.41 Å². The number of aryl methyl sites for hydroxylation is 2. The van der Waals surface area contributed by atoms with Gasteiger partial charge < -0.3 is 9.13 Å². The molecule has 6 nitrogen and oxygen atoms in total. The normalized spacial score (nSPS) is 12.8. The van der Waals surface area contributed by atoms with Gasteiger partial charge in [0.2, 0.25) is 15.6 Å². The summed E-state index contributed by atoms with van der Waals surface area (Å²) in [4.78, 5) is 0. The third kappa shape index (κ3) is 5.32. The summed E-state index contributed by atoms with van der Waals surface area (Å²) in [6.45, 7) is 6.54. The molecule has 178 valence electrons. The molecule has 0 saturated heterocycles. The molecule has 4 rings (SSSR count). The molecule has 3 aromatic carbocycles. The highest BCUT2D eigenvalue weighted by Crippen LogP contribution is 2.22. The molecule has 0 aliphatic heterocycles. The van der Waals surface area contributed by atoms with Crippen LogP contribution in [0, 0.1) is 19.3 Å². The van der Waals surface area contributed by atoms with Crippen molar-refractivity contribution in [2.24, 2.45) is 0 Å². The molecule has 0 amide bonds. The minimum atomic E-state index is -3.36. The molecule has 1 atom stereocenters. The number of imidazole rings is 1. The molecule has 0 aliphatic rings. The monoisotopic (exact) mass is 476 g/mol. The predicted octanol–water partition coefficient (Wildman–Crippen LogP) is 4.31. The maximum Gasteiger partial charge on any atom is 0.211 e. The second-order valence-electron chi connectivity index (χ2n) is 8.85. The number of rotatable bonds is 9. The first-order valence-corrected chi connectivity index (χ1v) is 13.3. The van der Waals surface area contributed by atoms with Crippen LogP contribution >= 0.6 is 0 Å². The van der Waals surface area contributed by atoms with Crippen LogP contribution < -0.4 is 10.3 Å². The van der Waals surface area contributed by atoms with E-state index < -0.39 is 10.0 Å². The molecule has 4 aromatic rings. The van der Waals surface area contributed by atoms with Gasteiger partial charge in [0.05, 0.1) is 29.4 Å². The largest absolute Gasteiger partial charge is 0.306 e. The van der Waals surface area contributed by atoms with Crippen molar-refractivity contribution < 1.29 is 8.42 Å². The minimum absolute atomic E-state index is 0.0256. The average Bonchev–Trinajstić information content (AvgIpc) is 3.10. The Labute approximate surface area is 201 Å². The zero-order chi connectivity index (χ0) is 24.3. The molecule has 0 radical (unpaired) electrons. The number of benzene rings is 3. The molecule has 2 N–H and O–H groups in total. The van der Waals surface area contributed by atoms with Crippen LogP contribution in [0.3, 0.4) is 0 Å². The molecule has 7 heteroatoms. The summed E-state index contributed by atoms with van der Waals surface area (Å²) in [5.74, 6) is 0.0256. The van der Waals surface area contributed by atoms with Crippen molar-refractivity contribution in [1.82, 2.24) is 13.9 Å². The van der Waals surface area contributed by atoms with Gasteiger partial charge in [-0.2, -0.15) is 0 Å². The highest BCUT2D eigenvalue weighted by molar-refractivity contribution is 7.89. The lowest BCUT2D eigenvalue weighted by Gasteiger charge is -2.21. The molecule has 0 bridgehead atoms. The number of hydrogen-bond donors (Lipinski definition) is 2. The van der Waals surface area contributed by atoms with Gasteiger partial charge in [-0.3, -0.25) is 5.41 Å². The smallest absolute Gasteiger partial charge is 0.211 e. The van der Waals surface area contributed by atoms with E-state index in [4.69, 9.17) is 5.41 Å². The maximum atomic E-state index is 12.3. The van der Waals surface area contributed by atoms with Crippen LogP contribution in [-0.2, 0) is 23.0 Å². The van der Waals surface area contributed by atoms with Gasteiger partial charge in [-0.1, -0.05) is 71.8 Å². The van der Waals surface area contributed by atoms with E-state index in [9.17, 15) is 8.42 Å². The molecule has 1 heterocycles. The van der Waals surface area contributed by atoms with Gasteiger partial charge in [0.25, 0.3) is 0 Å². The molecule has 0 spiro atoms. The zero-order valence-electron chi connectivity index (χ0n) is 20.0. The Balaban J connectivity index is 1.80. The standard InChI is InChI=1S/C27H32N4O2S/c1-4-34(32,33)29-18-24(17-22-13-9-20(2)10-14-22)31-26-8-6-5-7-25(26)30(27(31)28)19-23-15-11-21(3)12-16-23/h5-16,24,28-29H,4,17-19H2,1-3H3. The fraction of sp³-hybridized carbons (Fsp3) is 0.296. The predicted molar refractivity (Wildman–Crippen MR) is 137 cm³/mol. The minimum Gasteiger partial charge on any atom is -0.306 e. The van der Waals surface area contributed by atoms with Gasteiger partial charge in [0.1, 0.15) is 0 Å². The molecule has 0 aliphatic carbocycles. The molecule has 1 unspecified atom stereocenters. The average molecular weight is 477 g/mol. The number of nitrogens with one attached hydrogen (secondary N) is 2. The highest BCUT2D eigenvalue weighted by Gasteiger charge is 2.21. The first-order valence-electron chi connectivity index (χ1n) is 11.6. The molecule has 34 heavy (non-hydrogen) atoms. The Kier molecular flexibility index (Phi) is 7.05. The van der Waals surface area contributed by atoms with E-state index in [1.165, 1.54) is 11.1 Å². The van der Waals surface area contributed by atoms with Crippen molar-refractivity contribution in [3.63, 3.8) is 0 Å². The van der Waals surface area contributed by atoms with Crippen LogP contribution in [-0.4, -0.2) is 29.8 Å². The molecule has 1 aromatic heterocycles. The summed E-state index contributed by atoms with van der Waals surface area (Å²) in [5.41, 5.74) is 6.84. The summed E-state index contributed by atoms with van der Waals surface area (Å²) in [5, 5.41) is 9.12. The van der Waals surface area contributed by atoms with E-state index in [1.807, 2.05) is 40.3 Å². The van der Waals surface area contributed by atoms with Crippen LogP contribution in [0.25, 0.3) is 11.0 Å². The van der Waals surface area contributed by atoms with Gasteiger partial charge in [0, 0.05) is 6.54 Å². The number of aromatic nitrogens is 2. The zero-order valence-corrected chi connectivity index (χ0v) is 20.8. The van der Waals surface area contributed by atoms with E-state index >= 15 is 0 Å². The first-order chi connectivity index (χ1) is 16.3. The second-order valence-corrected chi connectivity index (χ2v) is 10.9. The Morgan fingerprint density at radius 1 is 0.853 bits per heavy atom. The Morgan fingerprint density at radius 2 is 1.41 bits per heavy atom. The fourth-order valence-corrected chi connectivity index (χ4v) is 4.89. The summed E-state index contributed by atoms with van der Waals surface area (Å²) >= 11 is 0. The van der Waals surface area contributed by atoms with E-state index in [1.54, 1.807) is 6.92 Å². The second kappa shape index (κ2) is 9.99. The summed E-state index contributed by atoms with van der Waals surface area (Å²) in [7, 11) is -3.36. The SMILES string of the molecule is CCS(=O)(=O)NCC(Cc1ccc(C)cc1)n1c(=N)n(Cc2ccc(C)cc2)c2ccccc21. The van der Waals surface area contributed by atoms with Gasteiger partial charge >= 0.3 is 0 Å². The maximum absolute atomic E-state index is 12.3. The van der Waals surface area contributed by atoms with E-state index in [0.717, 1.165) is 22.2 Å². The summed E-state index contributed by atoms with van der Waals surface area (Å²) in [6.07, 6.45) is 0.613. The van der Waals surface area contributed by atoms with Crippen molar-refractivity contribution in [3.05, 3.63) is 101 Å². The van der Waals surface area contributed by atoms with Crippen LogP contribution in [0.5, 0.6) is 0 Å². The number of hydrogen-bond acceptors (Lipinski definition) is 3. The van der Waals surface area contributed by atoms with Gasteiger partial charge in [-0.05, 0) is 50.5 Å². The number of nitrogens with zero attached hydrogens (tertiary/aromatic N) is 2. The van der Waals surface area contributed by atoms with Crippen molar-refractivity contribution in [2.45, 2.75) is 39.8 Å². The number of fused-ring (bicyclic) bond motifs is 1. The van der Waals surface area contributed by atoms with Crippen LogP contribution in [0.15, 0.2) is 72.8 Å². The lowest BCUT2D eigenvalue weighted by molar-refractivity contribution is 0.466. The van der Waals surface area contributed by atoms with Gasteiger partial charge in [-0.15, -0.1) is 0 Å². The molecule has 0 fully saturated rings.